The molecule has 0 aliphatic rings. The molecule has 2 aromatic carbocycles. The minimum atomic E-state index is -0.535. The van der Waals surface area contributed by atoms with E-state index in [1.54, 1.807) is 48.5 Å². The van der Waals surface area contributed by atoms with Crippen LogP contribution in [0.25, 0.3) is 0 Å². The second-order valence-corrected chi connectivity index (χ2v) is 8.16. The molecule has 0 aliphatic carbocycles. The molecule has 2 rings (SSSR count). The number of carbonyl (C=O) groups excluding carboxylic acids is 4. The predicted molar refractivity (Wildman–Crippen MR) is 118 cm³/mol. The van der Waals surface area contributed by atoms with Gasteiger partial charge in [0, 0.05) is 16.2 Å². The summed E-state index contributed by atoms with van der Waals surface area (Å²) in [6.07, 6.45) is 0.310. The molecule has 164 valence electrons. The highest BCUT2D eigenvalue weighted by Crippen LogP contribution is 2.24. The van der Waals surface area contributed by atoms with Gasteiger partial charge in [-0.1, -0.05) is 24.3 Å². The fraction of sp³-hybridized carbons (Fsp3) is 0.238. The van der Waals surface area contributed by atoms with Crippen LogP contribution in [0.1, 0.15) is 27.1 Å². The fourth-order valence-electron chi connectivity index (χ4n) is 2.36. The van der Waals surface area contributed by atoms with Crippen LogP contribution in [0.15, 0.2) is 58.3 Å². The number of hydrogen-bond acceptors (Lipinski definition) is 8. The highest BCUT2D eigenvalue weighted by molar-refractivity contribution is 8.00. The van der Waals surface area contributed by atoms with Crippen molar-refractivity contribution >= 4 is 47.3 Å². The zero-order valence-electron chi connectivity index (χ0n) is 16.6. The highest BCUT2D eigenvalue weighted by Gasteiger charge is 2.15. The molecule has 0 saturated heterocycles. The second-order valence-electron chi connectivity index (χ2n) is 6.13. The predicted octanol–water partition coefficient (Wildman–Crippen LogP) is 2.25. The van der Waals surface area contributed by atoms with Gasteiger partial charge >= 0.3 is 11.9 Å². The molecule has 2 aromatic rings. The Hall–Kier alpha value is -2.98. The number of esters is 2. The van der Waals surface area contributed by atoms with Crippen molar-refractivity contribution in [1.82, 2.24) is 0 Å². The summed E-state index contributed by atoms with van der Waals surface area (Å²) >= 11 is 2.32. The molecule has 0 unspecified atom stereocenters. The van der Waals surface area contributed by atoms with E-state index in [1.807, 2.05) is 0 Å². The summed E-state index contributed by atoms with van der Waals surface area (Å²) in [7, 11) is 0. The van der Waals surface area contributed by atoms with E-state index >= 15 is 0 Å². The van der Waals surface area contributed by atoms with Crippen molar-refractivity contribution < 1.29 is 28.7 Å². The topological polar surface area (TPSA) is 139 Å². The lowest BCUT2D eigenvalue weighted by molar-refractivity contribution is -0.116. The maximum atomic E-state index is 12.3. The summed E-state index contributed by atoms with van der Waals surface area (Å²) in [5.41, 5.74) is 11.0. The Morgan fingerprint density at radius 3 is 1.45 bits per heavy atom. The van der Waals surface area contributed by atoms with E-state index in [9.17, 15) is 19.2 Å². The minimum absolute atomic E-state index is 0.0546. The number of amides is 2. The van der Waals surface area contributed by atoms with Gasteiger partial charge in [-0.15, -0.1) is 23.5 Å². The number of hydrogen-bond donors (Lipinski definition) is 2. The minimum Gasteiger partial charge on any atom is -0.462 e. The van der Waals surface area contributed by atoms with E-state index in [0.29, 0.717) is 27.3 Å². The van der Waals surface area contributed by atoms with Crippen LogP contribution in [0.2, 0.25) is 0 Å². The Morgan fingerprint density at radius 1 is 0.677 bits per heavy atom. The molecule has 0 atom stereocenters. The van der Waals surface area contributed by atoms with Crippen LogP contribution < -0.4 is 11.5 Å². The lowest BCUT2D eigenvalue weighted by Gasteiger charge is -2.10. The standard InChI is InChI=1S/C21H22N2O6S2/c22-18(24)12-30-16-8-3-1-6-14(16)20(26)28-10-5-11-29-21(27)15-7-2-4-9-17(15)31-13-19(23)25/h1-4,6-9H,5,10-13H2,(H2,22,24)(H2,23,25). The van der Waals surface area contributed by atoms with Gasteiger partial charge in [0.25, 0.3) is 0 Å². The van der Waals surface area contributed by atoms with Crippen LogP contribution in [0.3, 0.4) is 0 Å². The van der Waals surface area contributed by atoms with E-state index in [0.717, 1.165) is 23.5 Å². The summed E-state index contributed by atoms with van der Waals surface area (Å²) in [6.45, 7) is 0.109. The third-order valence-electron chi connectivity index (χ3n) is 3.71. The first-order chi connectivity index (χ1) is 14.9. The molecule has 2 amide bonds. The lowest BCUT2D eigenvalue weighted by atomic mass is 10.2. The third-order valence-corrected chi connectivity index (χ3v) is 5.90. The summed E-state index contributed by atoms with van der Waals surface area (Å²) in [5, 5.41) is 0. The van der Waals surface area contributed by atoms with Gasteiger partial charge in [0.2, 0.25) is 11.8 Å². The number of carbonyl (C=O) groups is 4. The summed E-state index contributed by atoms with van der Waals surface area (Å²) in [6, 6.07) is 13.5. The van der Waals surface area contributed by atoms with Gasteiger partial charge in [-0.25, -0.2) is 9.59 Å². The van der Waals surface area contributed by atoms with Crippen molar-refractivity contribution in [3.63, 3.8) is 0 Å². The molecule has 0 saturated carbocycles. The molecule has 8 nitrogen and oxygen atoms in total. The molecule has 0 bridgehead atoms. The van der Waals surface area contributed by atoms with Gasteiger partial charge in [0.1, 0.15) is 0 Å². The van der Waals surface area contributed by atoms with Gasteiger partial charge in [-0.05, 0) is 24.3 Å². The molecule has 31 heavy (non-hydrogen) atoms. The third kappa shape index (κ3) is 8.35. The maximum absolute atomic E-state index is 12.3. The number of primary amides is 2. The second kappa shape index (κ2) is 12.7. The molecular weight excluding hydrogens is 440 g/mol. The first kappa shape index (κ1) is 24.3. The van der Waals surface area contributed by atoms with Gasteiger partial charge < -0.3 is 20.9 Å². The number of nitrogens with two attached hydrogens (primary N) is 2. The van der Waals surface area contributed by atoms with E-state index < -0.39 is 23.8 Å². The van der Waals surface area contributed by atoms with Gasteiger partial charge in [0.05, 0.1) is 35.8 Å². The maximum Gasteiger partial charge on any atom is 0.339 e. The monoisotopic (exact) mass is 462 g/mol. The Morgan fingerprint density at radius 2 is 1.06 bits per heavy atom. The van der Waals surface area contributed by atoms with Crippen molar-refractivity contribution in [3.05, 3.63) is 59.7 Å². The molecule has 0 aliphatic heterocycles. The summed E-state index contributed by atoms with van der Waals surface area (Å²) in [4.78, 5) is 47.7. The van der Waals surface area contributed by atoms with E-state index in [-0.39, 0.29) is 24.7 Å². The van der Waals surface area contributed by atoms with E-state index in [4.69, 9.17) is 20.9 Å². The van der Waals surface area contributed by atoms with Crippen LogP contribution in [0, 0.1) is 0 Å². The highest BCUT2D eigenvalue weighted by atomic mass is 32.2. The number of ether oxygens (including phenoxy) is 2. The fourth-order valence-corrected chi connectivity index (χ4v) is 3.92. The summed E-state index contributed by atoms with van der Waals surface area (Å²) in [5.74, 6) is -1.92. The zero-order valence-corrected chi connectivity index (χ0v) is 18.2. The molecule has 0 fully saturated rings. The Labute approximate surface area is 188 Å². The quantitative estimate of drug-likeness (QED) is 0.278. The van der Waals surface area contributed by atoms with E-state index in [2.05, 4.69) is 0 Å². The molecule has 0 heterocycles. The summed E-state index contributed by atoms with van der Waals surface area (Å²) < 4.78 is 10.5. The van der Waals surface area contributed by atoms with Crippen molar-refractivity contribution in [2.75, 3.05) is 24.7 Å². The average molecular weight is 463 g/mol. The lowest BCUT2D eigenvalue weighted by Crippen LogP contribution is -2.15. The molecule has 10 heteroatoms. The van der Waals surface area contributed by atoms with Crippen LogP contribution in [-0.2, 0) is 19.1 Å². The van der Waals surface area contributed by atoms with Gasteiger partial charge in [-0.3, -0.25) is 9.59 Å². The smallest absolute Gasteiger partial charge is 0.339 e. The largest absolute Gasteiger partial charge is 0.462 e. The normalized spacial score (nSPS) is 10.3. The van der Waals surface area contributed by atoms with Crippen LogP contribution in [-0.4, -0.2) is 48.5 Å². The van der Waals surface area contributed by atoms with Gasteiger partial charge in [-0.2, -0.15) is 0 Å². The molecule has 0 aromatic heterocycles. The molecular formula is C21H22N2O6S2. The van der Waals surface area contributed by atoms with Crippen LogP contribution in [0.5, 0.6) is 0 Å². The number of benzene rings is 2. The van der Waals surface area contributed by atoms with Crippen molar-refractivity contribution in [3.8, 4) is 0 Å². The molecule has 4 N–H and O–H groups in total. The Balaban J connectivity index is 1.80. The Bertz CT molecular complexity index is 875. The van der Waals surface area contributed by atoms with E-state index in [1.165, 1.54) is 0 Å². The van der Waals surface area contributed by atoms with Crippen molar-refractivity contribution in [2.24, 2.45) is 11.5 Å². The first-order valence-corrected chi connectivity index (χ1v) is 11.2. The number of rotatable bonds is 12. The van der Waals surface area contributed by atoms with Gasteiger partial charge in [0.15, 0.2) is 0 Å². The first-order valence-electron chi connectivity index (χ1n) is 9.23. The van der Waals surface area contributed by atoms with Crippen molar-refractivity contribution in [1.29, 1.82) is 0 Å². The van der Waals surface area contributed by atoms with Crippen molar-refractivity contribution in [2.45, 2.75) is 16.2 Å². The van der Waals surface area contributed by atoms with Crippen LogP contribution in [0.4, 0.5) is 0 Å². The Kier molecular flexibility index (Phi) is 9.92. The number of thioether (sulfide) groups is 2. The molecule has 0 spiro atoms. The zero-order chi connectivity index (χ0) is 22.6. The van der Waals surface area contributed by atoms with Crippen LogP contribution >= 0.6 is 23.5 Å². The SMILES string of the molecule is NC(=O)CSc1ccccc1C(=O)OCCCOC(=O)c1ccccc1SCC(N)=O. The molecule has 0 radical (unpaired) electrons. The average Bonchev–Trinajstić information content (AvgIpc) is 2.76.